The number of hydrogen-bond acceptors (Lipinski definition) is 4. The molecule has 0 aromatic heterocycles. The van der Waals surface area contributed by atoms with Gasteiger partial charge in [-0.05, 0) is 43.9 Å². The predicted octanol–water partition coefficient (Wildman–Crippen LogP) is 2.99. The van der Waals surface area contributed by atoms with E-state index in [1.54, 1.807) is 18.2 Å². The Balaban J connectivity index is 1.46. The lowest BCUT2D eigenvalue weighted by atomic mass is 10.2. The molecule has 28 heavy (non-hydrogen) atoms. The molecule has 0 aliphatic heterocycles. The summed E-state index contributed by atoms with van der Waals surface area (Å²) >= 11 is 0. The molecule has 150 valence electrons. The lowest BCUT2D eigenvalue weighted by Gasteiger charge is -2.16. The van der Waals surface area contributed by atoms with E-state index in [9.17, 15) is 13.2 Å². The van der Waals surface area contributed by atoms with Crippen molar-refractivity contribution in [3.8, 4) is 5.75 Å². The summed E-state index contributed by atoms with van der Waals surface area (Å²) in [6, 6.07) is 15.8. The highest BCUT2D eigenvalue weighted by molar-refractivity contribution is 7.89. The zero-order chi connectivity index (χ0) is 19.8. The summed E-state index contributed by atoms with van der Waals surface area (Å²) in [5.41, 5.74) is 0.924. The Hall–Kier alpha value is -2.38. The number of carbonyl (C=O) groups is 1. The van der Waals surface area contributed by atoms with E-state index < -0.39 is 10.0 Å². The van der Waals surface area contributed by atoms with E-state index in [0.717, 1.165) is 24.2 Å². The van der Waals surface area contributed by atoms with E-state index >= 15 is 0 Å². The maximum absolute atomic E-state index is 12.1. The summed E-state index contributed by atoms with van der Waals surface area (Å²) in [5, 5.41) is 2.84. The van der Waals surface area contributed by atoms with Crippen LogP contribution in [0.5, 0.6) is 5.75 Å². The third kappa shape index (κ3) is 5.81. The van der Waals surface area contributed by atoms with Gasteiger partial charge in [0.2, 0.25) is 15.9 Å². The Morgan fingerprint density at radius 1 is 1.00 bits per heavy atom. The maximum Gasteiger partial charge on any atom is 0.240 e. The van der Waals surface area contributed by atoms with Crippen LogP contribution in [0.2, 0.25) is 0 Å². The van der Waals surface area contributed by atoms with E-state index in [1.807, 2.05) is 24.3 Å². The highest BCUT2D eigenvalue weighted by Gasteiger charge is 2.18. The molecule has 1 fully saturated rings. The fourth-order valence-electron chi connectivity index (χ4n) is 3.21. The van der Waals surface area contributed by atoms with Gasteiger partial charge < -0.3 is 10.1 Å². The van der Waals surface area contributed by atoms with Crippen LogP contribution in [0.1, 0.15) is 37.7 Å². The van der Waals surface area contributed by atoms with Crippen molar-refractivity contribution in [1.29, 1.82) is 0 Å². The van der Waals surface area contributed by atoms with E-state index in [-0.39, 0.29) is 29.9 Å². The molecule has 0 heterocycles. The second kappa shape index (κ2) is 9.71. The SMILES string of the molecule is O=C(CCNS(=O)(=O)c1ccccc1)NCc1ccccc1OC1CCCC1. The number of sulfonamides is 1. The molecule has 1 aliphatic rings. The summed E-state index contributed by atoms with van der Waals surface area (Å²) in [4.78, 5) is 12.3. The quantitative estimate of drug-likeness (QED) is 0.675. The molecule has 7 heteroatoms. The summed E-state index contributed by atoms with van der Waals surface area (Å²) in [6.45, 7) is 0.399. The first-order valence-corrected chi connectivity index (χ1v) is 11.1. The maximum atomic E-state index is 12.1. The number of amides is 1. The average molecular weight is 403 g/mol. The molecule has 1 aliphatic carbocycles. The van der Waals surface area contributed by atoms with Crippen molar-refractivity contribution in [2.45, 2.75) is 49.6 Å². The first-order chi connectivity index (χ1) is 13.5. The van der Waals surface area contributed by atoms with Gasteiger partial charge in [-0.3, -0.25) is 4.79 Å². The average Bonchev–Trinajstić information content (AvgIpc) is 3.21. The van der Waals surface area contributed by atoms with Gasteiger partial charge in [0.1, 0.15) is 5.75 Å². The molecule has 0 radical (unpaired) electrons. The summed E-state index contributed by atoms with van der Waals surface area (Å²) in [7, 11) is -3.59. The number of ether oxygens (including phenoxy) is 1. The lowest BCUT2D eigenvalue weighted by molar-refractivity contribution is -0.121. The number of benzene rings is 2. The van der Waals surface area contributed by atoms with Crippen LogP contribution in [0, 0.1) is 0 Å². The van der Waals surface area contributed by atoms with E-state index in [4.69, 9.17) is 4.74 Å². The second-order valence-corrected chi connectivity index (χ2v) is 8.64. The Morgan fingerprint density at radius 3 is 2.43 bits per heavy atom. The number of para-hydroxylation sites is 1. The lowest BCUT2D eigenvalue weighted by Crippen LogP contribution is -2.30. The Labute approximate surface area is 166 Å². The van der Waals surface area contributed by atoms with Gasteiger partial charge in [-0.15, -0.1) is 0 Å². The minimum Gasteiger partial charge on any atom is -0.490 e. The van der Waals surface area contributed by atoms with Gasteiger partial charge in [-0.1, -0.05) is 36.4 Å². The van der Waals surface area contributed by atoms with Gasteiger partial charge in [-0.2, -0.15) is 0 Å². The number of hydrogen-bond donors (Lipinski definition) is 2. The van der Waals surface area contributed by atoms with Crippen molar-refractivity contribution >= 4 is 15.9 Å². The summed E-state index contributed by atoms with van der Waals surface area (Å²) in [5.74, 6) is 0.589. The Morgan fingerprint density at radius 2 is 1.68 bits per heavy atom. The third-order valence-corrected chi connectivity index (χ3v) is 6.22. The fourth-order valence-corrected chi connectivity index (χ4v) is 4.27. The molecule has 6 nitrogen and oxygen atoms in total. The van der Waals surface area contributed by atoms with Crippen molar-refractivity contribution in [3.05, 3.63) is 60.2 Å². The summed E-state index contributed by atoms with van der Waals surface area (Å²) in [6.07, 6.45) is 4.86. The van der Waals surface area contributed by atoms with E-state index in [0.29, 0.717) is 6.54 Å². The predicted molar refractivity (Wildman–Crippen MR) is 107 cm³/mol. The van der Waals surface area contributed by atoms with Crippen molar-refractivity contribution in [2.24, 2.45) is 0 Å². The monoisotopic (exact) mass is 402 g/mol. The van der Waals surface area contributed by atoms with Crippen molar-refractivity contribution in [2.75, 3.05) is 6.54 Å². The van der Waals surface area contributed by atoms with Crippen LogP contribution in [0.3, 0.4) is 0 Å². The molecule has 2 aromatic rings. The molecule has 0 atom stereocenters. The van der Waals surface area contributed by atoms with Crippen LogP contribution >= 0.6 is 0 Å². The summed E-state index contributed by atoms with van der Waals surface area (Å²) < 4.78 is 32.8. The zero-order valence-electron chi connectivity index (χ0n) is 15.8. The molecule has 2 aromatic carbocycles. The molecule has 0 spiro atoms. The first-order valence-electron chi connectivity index (χ1n) is 9.60. The highest BCUT2D eigenvalue weighted by Crippen LogP contribution is 2.26. The topological polar surface area (TPSA) is 84.5 Å². The minimum absolute atomic E-state index is 0.0449. The van der Waals surface area contributed by atoms with Gasteiger partial charge in [-0.25, -0.2) is 13.1 Å². The smallest absolute Gasteiger partial charge is 0.240 e. The van der Waals surface area contributed by atoms with Crippen LogP contribution in [0.25, 0.3) is 0 Å². The van der Waals surface area contributed by atoms with Crippen LogP contribution in [0.4, 0.5) is 0 Å². The third-order valence-electron chi connectivity index (χ3n) is 4.74. The first kappa shape index (κ1) is 20.4. The van der Waals surface area contributed by atoms with Crippen LogP contribution in [-0.4, -0.2) is 27.0 Å². The second-order valence-electron chi connectivity index (χ2n) is 6.87. The molecule has 0 unspecified atom stereocenters. The van der Waals surface area contributed by atoms with Gasteiger partial charge in [0.15, 0.2) is 0 Å². The van der Waals surface area contributed by atoms with Crippen molar-refractivity contribution in [1.82, 2.24) is 10.0 Å². The highest BCUT2D eigenvalue weighted by atomic mass is 32.2. The van der Waals surface area contributed by atoms with E-state index in [2.05, 4.69) is 10.0 Å². The van der Waals surface area contributed by atoms with E-state index in [1.165, 1.54) is 25.0 Å². The molecule has 0 saturated heterocycles. The molecular weight excluding hydrogens is 376 g/mol. The fraction of sp³-hybridized carbons (Fsp3) is 0.381. The zero-order valence-corrected chi connectivity index (χ0v) is 16.6. The molecule has 3 rings (SSSR count). The number of rotatable bonds is 9. The molecule has 0 bridgehead atoms. The van der Waals surface area contributed by atoms with Crippen molar-refractivity contribution < 1.29 is 17.9 Å². The Bertz CT molecular complexity index is 878. The number of nitrogens with one attached hydrogen (secondary N) is 2. The molecule has 1 amide bonds. The van der Waals surface area contributed by atoms with Crippen molar-refractivity contribution in [3.63, 3.8) is 0 Å². The molecular formula is C21H26N2O4S. The van der Waals surface area contributed by atoms with Crippen LogP contribution in [-0.2, 0) is 21.4 Å². The normalized spacial score (nSPS) is 14.7. The van der Waals surface area contributed by atoms with Gasteiger partial charge in [0.25, 0.3) is 0 Å². The number of carbonyl (C=O) groups excluding carboxylic acids is 1. The Kier molecular flexibility index (Phi) is 7.06. The van der Waals surface area contributed by atoms with Crippen LogP contribution in [0.15, 0.2) is 59.5 Å². The molecule has 2 N–H and O–H groups in total. The standard InChI is InChI=1S/C21H26N2O4S/c24-21(14-15-23-28(25,26)19-11-2-1-3-12-19)22-16-17-8-4-7-13-20(17)27-18-9-5-6-10-18/h1-4,7-8,11-13,18,23H,5-6,9-10,14-16H2,(H,22,24). The minimum atomic E-state index is -3.59. The molecule has 1 saturated carbocycles. The van der Waals surface area contributed by atoms with Crippen LogP contribution < -0.4 is 14.8 Å². The van der Waals surface area contributed by atoms with Gasteiger partial charge >= 0.3 is 0 Å². The van der Waals surface area contributed by atoms with Gasteiger partial charge in [0, 0.05) is 25.1 Å². The van der Waals surface area contributed by atoms with Gasteiger partial charge in [0.05, 0.1) is 11.0 Å². The largest absolute Gasteiger partial charge is 0.490 e.